The van der Waals surface area contributed by atoms with Gasteiger partial charge in [0.2, 0.25) is 0 Å². The van der Waals surface area contributed by atoms with E-state index in [9.17, 15) is 0 Å². The Morgan fingerprint density at radius 3 is 2.27 bits per heavy atom. The molecule has 0 radical (unpaired) electrons. The lowest BCUT2D eigenvalue weighted by atomic mass is 9.76. The normalized spacial score (nSPS) is 25.5. The molecule has 4 heteroatoms. The van der Waals surface area contributed by atoms with Crippen molar-refractivity contribution in [2.24, 2.45) is 22.7 Å². The third-order valence-electron chi connectivity index (χ3n) is 9.52. The summed E-state index contributed by atoms with van der Waals surface area (Å²) in [7, 11) is 0. The summed E-state index contributed by atoms with van der Waals surface area (Å²) in [5.74, 6) is 2.82. The van der Waals surface area contributed by atoms with Gasteiger partial charge in [-0.2, -0.15) is 0 Å². The summed E-state index contributed by atoms with van der Waals surface area (Å²) in [4.78, 5) is 7.28. The predicted molar refractivity (Wildman–Crippen MR) is 168 cm³/mol. The topological polar surface area (TPSA) is 41.9 Å². The van der Waals surface area contributed by atoms with E-state index >= 15 is 0 Å². The number of fused-ring (bicyclic) bond motifs is 7. The molecule has 0 saturated carbocycles. The molecule has 4 atom stereocenters. The Bertz CT molecular complexity index is 2050. The molecule has 3 aromatic carbocycles. The minimum absolute atomic E-state index is 0.375. The number of amidine groups is 1. The largest absolute Gasteiger partial charge is 0.456 e. The van der Waals surface area contributed by atoms with E-state index in [1.165, 1.54) is 24.0 Å². The zero-order valence-corrected chi connectivity index (χ0v) is 22.7. The van der Waals surface area contributed by atoms with Gasteiger partial charge < -0.3 is 13.7 Å². The van der Waals surface area contributed by atoms with E-state index in [1.807, 2.05) is 12.1 Å². The maximum absolute atomic E-state index is 6.29. The first-order valence-corrected chi connectivity index (χ1v) is 14.8. The lowest BCUT2D eigenvalue weighted by Crippen LogP contribution is -2.29. The van der Waals surface area contributed by atoms with Crippen LogP contribution in [0.3, 0.4) is 0 Å². The highest BCUT2D eigenvalue weighted by Gasteiger charge is 2.32. The quantitative estimate of drug-likeness (QED) is 0.217. The molecule has 4 heterocycles. The number of allylic oxidation sites excluding steroid dienone is 7. The Balaban J connectivity index is 0.946. The SMILES string of the molecule is C1=CC2=NC(C3C=CC(C4C=CC(c5ccc6oc7cc8c(cc7c6c5)oc5ccccc58)=CC4)CC3)CN2C=C1. The van der Waals surface area contributed by atoms with Crippen LogP contribution in [0, 0.1) is 17.8 Å². The number of aliphatic imine (C=N–C) groups is 1. The van der Waals surface area contributed by atoms with Crippen LogP contribution in [0.15, 0.2) is 123 Å². The summed E-state index contributed by atoms with van der Waals surface area (Å²) in [5.41, 5.74) is 6.15. The summed E-state index contributed by atoms with van der Waals surface area (Å²) in [6, 6.07) is 19.4. The molecule has 200 valence electrons. The van der Waals surface area contributed by atoms with Crippen LogP contribution in [0.4, 0.5) is 0 Å². The fourth-order valence-electron chi connectivity index (χ4n) is 7.26. The minimum atomic E-state index is 0.375. The van der Waals surface area contributed by atoms with Crippen molar-refractivity contribution < 1.29 is 8.83 Å². The van der Waals surface area contributed by atoms with Crippen molar-refractivity contribution in [3.05, 3.63) is 115 Å². The number of benzene rings is 3. The van der Waals surface area contributed by atoms with Crippen molar-refractivity contribution >= 4 is 55.3 Å². The Morgan fingerprint density at radius 1 is 0.683 bits per heavy atom. The van der Waals surface area contributed by atoms with Gasteiger partial charge in [-0.15, -0.1) is 0 Å². The standard InChI is InChI=1S/C37H30N2O2/c1-2-6-33-28(5-1)30-20-36-31(21-35(30)40-33)29-19-27(16-17-34(29)41-36)25-10-8-23(9-11-25)24-12-14-26(15-13-24)32-22-39-18-4-3-7-37(39)38-32/h1-8,10-12,14,16-21,23-24,26,32H,9,13,15,22H2. The second kappa shape index (κ2) is 8.97. The van der Waals surface area contributed by atoms with Crippen LogP contribution in [-0.4, -0.2) is 23.3 Å². The molecule has 0 N–H and O–H groups in total. The highest BCUT2D eigenvalue weighted by Crippen LogP contribution is 2.40. The van der Waals surface area contributed by atoms with Crippen molar-refractivity contribution in [3.8, 4) is 0 Å². The summed E-state index contributed by atoms with van der Waals surface area (Å²) >= 11 is 0. The van der Waals surface area contributed by atoms with Gasteiger partial charge in [0.25, 0.3) is 0 Å². The average molecular weight is 535 g/mol. The van der Waals surface area contributed by atoms with Crippen molar-refractivity contribution in [3.63, 3.8) is 0 Å². The molecule has 0 bridgehead atoms. The van der Waals surface area contributed by atoms with Gasteiger partial charge in [0.15, 0.2) is 0 Å². The third-order valence-corrected chi connectivity index (χ3v) is 9.52. The molecular formula is C37H30N2O2. The van der Waals surface area contributed by atoms with Crippen LogP contribution in [0.2, 0.25) is 0 Å². The van der Waals surface area contributed by atoms with Crippen LogP contribution < -0.4 is 0 Å². The van der Waals surface area contributed by atoms with Gasteiger partial charge in [-0.25, -0.2) is 0 Å². The molecule has 0 fully saturated rings. The molecule has 4 aliphatic rings. The number of rotatable bonds is 3. The van der Waals surface area contributed by atoms with Gasteiger partial charge >= 0.3 is 0 Å². The highest BCUT2D eigenvalue weighted by atomic mass is 16.3. The van der Waals surface area contributed by atoms with Crippen LogP contribution in [-0.2, 0) is 0 Å². The molecule has 5 aromatic rings. The second-order valence-corrected chi connectivity index (χ2v) is 11.9. The lowest BCUT2D eigenvalue weighted by molar-refractivity contribution is 0.346. The summed E-state index contributed by atoms with van der Waals surface area (Å²) in [6.45, 7) is 1.00. The summed E-state index contributed by atoms with van der Waals surface area (Å²) in [6.07, 6.45) is 24.1. The van der Waals surface area contributed by atoms with Crippen molar-refractivity contribution in [1.29, 1.82) is 0 Å². The van der Waals surface area contributed by atoms with Gasteiger partial charge in [0, 0.05) is 40.2 Å². The van der Waals surface area contributed by atoms with Crippen LogP contribution in [0.5, 0.6) is 0 Å². The number of hydrogen-bond donors (Lipinski definition) is 0. The van der Waals surface area contributed by atoms with E-state index in [-0.39, 0.29) is 0 Å². The summed E-state index contributed by atoms with van der Waals surface area (Å²) < 4.78 is 12.5. The molecule has 0 saturated heterocycles. The zero-order valence-electron chi connectivity index (χ0n) is 22.7. The molecule has 2 aromatic heterocycles. The van der Waals surface area contributed by atoms with Gasteiger partial charge in [-0.1, -0.05) is 60.7 Å². The van der Waals surface area contributed by atoms with Crippen LogP contribution >= 0.6 is 0 Å². The monoisotopic (exact) mass is 534 g/mol. The van der Waals surface area contributed by atoms with E-state index in [0.29, 0.717) is 23.8 Å². The number of para-hydroxylation sites is 1. The van der Waals surface area contributed by atoms with E-state index < -0.39 is 0 Å². The Kier molecular flexibility index (Phi) is 5.07. The Labute approximate surface area is 238 Å². The molecule has 4 nitrogen and oxygen atoms in total. The average Bonchev–Trinajstić information content (AvgIpc) is 3.73. The van der Waals surface area contributed by atoms with E-state index in [1.54, 1.807) is 0 Å². The second-order valence-electron chi connectivity index (χ2n) is 11.9. The number of nitrogens with zero attached hydrogens (tertiary/aromatic N) is 2. The van der Waals surface area contributed by atoms with Gasteiger partial charge in [0.05, 0.1) is 6.04 Å². The molecule has 9 rings (SSSR count). The van der Waals surface area contributed by atoms with Gasteiger partial charge in [-0.05, 0) is 84.7 Å². The molecule has 0 amide bonds. The Hall–Kier alpha value is -4.57. The Morgan fingerprint density at radius 2 is 1.46 bits per heavy atom. The number of hydrogen-bond acceptors (Lipinski definition) is 4. The zero-order chi connectivity index (χ0) is 26.9. The first-order valence-electron chi connectivity index (χ1n) is 14.8. The van der Waals surface area contributed by atoms with Crippen molar-refractivity contribution in [1.82, 2.24) is 4.90 Å². The summed E-state index contributed by atoms with van der Waals surface area (Å²) in [5, 5.41) is 4.46. The first-order chi connectivity index (χ1) is 20.3. The first kappa shape index (κ1) is 23.2. The smallest absolute Gasteiger partial charge is 0.136 e. The van der Waals surface area contributed by atoms with Crippen LogP contribution in [0.1, 0.15) is 24.8 Å². The fourth-order valence-corrected chi connectivity index (χ4v) is 7.26. The molecule has 41 heavy (non-hydrogen) atoms. The maximum atomic E-state index is 6.29. The molecule has 2 aliphatic heterocycles. The highest BCUT2D eigenvalue weighted by molar-refractivity contribution is 6.15. The predicted octanol–water partition coefficient (Wildman–Crippen LogP) is 9.19. The lowest BCUT2D eigenvalue weighted by Gasteiger charge is -2.30. The van der Waals surface area contributed by atoms with E-state index in [0.717, 1.165) is 62.7 Å². The van der Waals surface area contributed by atoms with Gasteiger partial charge in [0.1, 0.15) is 28.2 Å². The van der Waals surface area contributed by atoms with Crippen molar-refractivity contribution in [2.45, 2.75) is 25.3 Å². The molecule has 0 spiro atoms. The minimum Gasteiger partial charge on any atom is -0.456 e. The molecule has 2 aliphatic carbocycles. The van der Waals surface area contributed by atoms with Gasteiger partial charge in [-0.3, -0.25) is 4.99 Å². The molecule has 4 unspecified atom stereocenters. The molecular weight excluding hydrogens is 504 g/mol. The van der Waals surface area contributed by atoms with E-state index in [4.69, 9.17) is 13.8 Å². The van der Waals surface area contributed by atoms with Crippen molar-refractivity contribution in [2.75, 3.05) is 6.54 Å². The van der Waals surface area contributed by atoms with Crippen LogP contribution in [0.25, 0.3) is 49.5 Å². The fraction of sp³-hybridized carbons (Fsp3) is 0.216. The number of furan rings is 2. The maximum Gasteiger partial charge on any atom is 0.136 e. The third kappa shape index (κ3) is 3.77. The van der Waals surface area contributed by atoms with E-state index in [2.05, 4.69) is 102 Å².